The summed E-state index contributed by atoms with van der Waals surface area (Å²) in [6.07, 6.45) is 7.41. The van der Waals surface area contributed by atoms with E-state index in [4.69, 9.17) is 27.9 Å². The Morgan fingerprint density at radius 2 is 1.78 bits per heavy atom. The highest BCUT2D eigenvalue weighted by molar-refractivity contribution is 6.35. The highest BCUT2D eigenvalue weighted by Crippen LogP contribution is 2.34. The molecule has 1 heterocycles. The van der Waals surface area contributed by atoms with Crippen molar-refractivity contribution >= 4 is 35.2 Å². The van der Waals surface area contributed by atoms with E-state index in [1.165, 1.54) is 19.3 Å². The van der Waals surface area contributed by atoms with Gasteiger partial charge in [0.2, 0.25) is 0 Å². The van der Waals surface area contributed by atoms with E-state index in [0.717, 1.165) is 25.7 Å². The Morgan fingerprint density at radius 1 is 1.11 bits per heavy atom. The first kappa shape index (κ1) is 20.0. The van der Waals surface area contributed by atoms with E-state index in [1.54, 1.807) is 25.1 Å². The number of halogens is 2. The van der Waals surface area contributed by atoms with Crippen LogP contribution < -0.4 is 10.6 Å². The summed E-state index contributed by atoms with van der Waals surface area (Å²) in [5.74, 6) is -0.415. The van der Waals surface area contributed by atoms with E-state index in [-0.39, 0.29) is 12.1 Å². The van der Waals surface area contributed by atoms with Crippen molar-refractivity contribution < 1.29 is 14.3 Å². The van der Waals surface area contributed by atoms with Crippen molar-refractivity contribution in [1.29, 1.82) is 0 Å². The number of nitrogens with one attached hydrogen (secondary N) is 2. The number of urea groups is 1. The Morgan fingerprint density at radius 3 is 2.44 bits per heavy atom. The lowest BCUT2D eigenvalue weighted by molar-refractivity contribution is -0.145. The van der Waals surface area contributed by atoms with Crippen LogP contribution in [0.25, 0.3) is 0 Å². The number of allylic oxidation sites excluding steroid dienone is 1. The van der Waals surface area contributed by atoms with E-state index >= 15 is 0 Å². The number of esters is 1. The van der Waals surface area contributed by atoms with Gasteiger partial charge in [-0.15, -0.1) is 0 Å². The molecule has 2 aliphatic rings. The van der Waals surface area contributed by atoms with Crippen LogP contribution in [0.1, 0.15) is 63.5 Å². The van der Waals surface area contributed by atoms with Gasteiger partial charge >= 0.3 is 12.0 Å². The zero-order valence-electron chi connectivity index (χ0n) is 15.3. The van der Waals surface area contributed by atoms with Gasteiger partial charge in [-0.25, -0.2) is 9.59 Å². The number of carbonyl (C=O) groups excluding carboxylic acids is 2. The fourth-order valence-corrected chi connectivity index (χ4v) is 4.20. The van der Waals surface area contributed by atoms with Crippen molar-refractivity contribution in [1.82, 2.24) is 10.6 Å². The van der Waals surface area contributed by atoms with E-state index < -0.39 is 12.0 Å². The Bertz CT molecular complexity index is 756. The fourth-order valence-electron chi connectivity index (χ4n) is 3.68. The number of benzene rings is 1. The van der Waals surface area contributed by atoms with Crippen LogP contribution in [0.15, 0.2) is 29.5 Å². The molecule has 1 fully saturated rings. The second kappa shape index (κ2) is 8.98. The number of hydrogen-bond donors (Lipinski definition) is 2. The minimum atomic E-state index is -0.676. The molecule has 27 heavy (non-hydrogen) atoms. The van der Waals surface area contributed by atoms with Crippen molar-refractivity contribution in [3.8, 4) is 0 Å². The summed E-state index contributed by atoms with van der Waals surface area (Å²) in [4.78, 5) is 25.0. The van der Waals surface area contributed by atoms with Crippen LogP contribution in [0.3, 0.4) is 0 Å². The molecule has 1 atom stereocenters. The monoisotopic (exact) mass is 410 g/mol. The molecule has 146 valence electrons. The van der Waals surface area contributed by atoms with Crippen molar-refractivity contribution in [3.05, 3.63) is 45.1 Å². The molecule has 5 nitrogen and oxygen atoms in total. The molecule has 3 rings (SSSR count). The molecule has 1 aromatic rings. The Kier molecular flexibility index (Phi) is 6.66. The van der Waals surface area contributed by atoms with Crippen molar-refractivity contribution in [2.75, 3.05) is 0 Å². The summed E-state index contributed by atoms with van der Waals surface area (Å²) in [7, 11) is 0. The Balaban J connectivity index is 1.85. The summed E-state index contributed by atoms with van der Waals surface area (Å²) in [5.41, 5.74) is 1.46. The van der Waals surface area contributed by atoms with Gasteiger partial charge in [-0.2, -0.15) is 0 Å². The predicted octanol–water partition coefficient (Wildman–Crippen LogP) is 5.28. The molecule has 2 amide bonds. The normalized spacial score (nSPS) is 21.7. The quantitative estimate of drug-likeness (QED) is 0.666. The van der Waals surface area contributed by atoms with Gasteiger partial charge in [-0.05, 0) is 50.3 Å². The average Bonchev–Trinajstić information content (AvgIpc) is 2.56. The third-order valence-corrected chi connectivity index (χ3v) is 5.65. The van der Waals surface area contributed by atoms with Gasteiger partial charge < -0.3 is 15.4 Å². The van der Waals surface area contributed by atoms with Gasteiger partial charge in [0.1, 0.15) is 6.10 Å². The average molecular weight is 411 g/mol. The van der Waals surface area contributed by atoms with Crippen molar-refractivity contribution in [2.24, 2.45) is 0 Å². The first-order valence-electron chi connectivity index (χ1n) is 9.40. The molecule has 1 aliphatic carbocycles. The molecule has 1 saturated carbocycles. The summed E-state index contributed by atoms with van der Waals surface area (Å²) >= 11 is 12.3. The first-order valence-corrected chi connectivity index (χ1v) is 10.2. The van der Waals surface area contributed by atoms with E-state index in [1.807, 2.05) is 0 Å². The smallest absolute Gasteiger partial charge is 0.338 e. The topological polar surface area (TPSA) is 67.4 Å². The molecule has 0 radical (unpaired) electrons. The molecule has 0 bridgehead atoms. The Labute approximate surface area is 169 Å². The van der Waals surface area contributed by atoms with Crippen LogP contribution in [-0.4, -0.2) is 18.1 Å². The molecule has 7 heteroatoms. The molecule has 0 spiro atoms. The summed E-state index contributed by atoms with van der Waals surface area (Å²) in [5, 5.41) is 6.31. The summed E-state index contributed by atoms with van der Waals surface area (Å²) < 4.78 is 5.83. The van der Waals surface area contributed by atoms with Gasteiger partial charge in [0, 0.05) is 15.7 Å². The van der Waals surface area contributed by atoms with Crippen LogP contribution in [0.2, 0.25) is 10.0 Å². The zero-order valence-corrected chi connectivity index (χ0v) is 16.8. The summed E-state index contributed by atoms with van der Waals surface area (Å²) in [6, 6.07) is 3.94. The maximum Gasteiger partial charge on any atom is 0.338 e. The Hall–Kier alpha value is -1.72. The van der Waals surface area contributed by atoms with Crippen molar-refractivity contribution in [2.45, 2.75) is 64.0 Å². The van der Waals surface area contributed by atoms with Gasteiger partial charge in [-0.3, -0.25) is 0 Å². The minimum Gasteiger partial charge on any atom is -0.459 e. The van der Waals surface area contributed by atoms with Crippen molar-refractivity contribution in [3.63, 3.8) is 0 Å². The van der Waals surface area contributed by atoms with Crippen LogP contribution in [0.5, 0.6) is 0 Å². The van der Waals surface area contributed by atoms with E-state index in [2.05, 4.69) is 10.6 Å². The standard InChI is InChI=1S/C20H24Cl2N2O3/c1-12-17(19(25)27-14-7-5-3-2-4-6-8-14)18(24-20(26)23-12)15-10-9-13(21)11-16(15)22/h9-11,14,18H,2-8H2,1H3,(H2,23,24,26)/t18-/m0/s1. The molecule has 1 aliphatic heterocycles. The zero-order chi connectivity index (χ0) is 19.4. The van der Waals surface area contributed by atoms with Crippen LogP contribution in [-0.2, 0) is 9.53 Å². The molecular formula is C20H24Cl2N2O3. The largest absolute Gasteiger partial charge is 0.459 e. The van der Waals surface area contributed by atoms with Crippen LogP contribution in [0.4, 0.5) is 4.79 Å². The lowest BCUT2D eigenvalue weighted by atomic mass is 9.95. The lowest BCUT2D eigenvalue weighted by Crippen LogP contribution is -2.45. The minimum absolute atomic E-state index is 0.0860. The molecule has 0 unspecified atom stereocenters. The molecule has 0 saturated heterocycles. The van der Waals surface area contributed by atoms with Gasteiger partial charge in [0.15, 0.2) is 0 Å². The number of hydrogen-bond acceptors (Lipinski definition) is 3. The first-order chi connectivity index (χ1) is 13.0. The predicted molar refractivity (Wildman–Crippen MR) is 106 cm³/mol. The number of carbonyl (C=O) groups is 2. The number of ether oxygens (including phenoxy) is 1. The maximum absolute atomic E-state index is 13.0. The maximum atomic E-state index is 13.0. The molecule has 1 aromatic carbocycles. The highest BCUT2D eigenvalue weighted by atomic mass is 35.5. The van der Waals surface area contributed by atoms with E-state index in [0.29, 0.717) is 26.9 Å². The van der Waals surface area contributed by atoms with Gasteiger partial charge in [0.05, 0.1) is 11.6 Å². The fraction of sp³-hybridized carbons (Fsp3) is 0.500. The second-order valence-electron chi connectivity index (χ2n) is 7.11. The number of rotatable bonds is 3. The van der Waals surface area contributed by atoms with Gasteiger partial charge in [0.25, 0.3) is 0 Å². The molecule has 2 N–H and O–H groups in total. The molecule has 0 aromatic heterocycles. The number of amides is 2. The highest BCUT2D eigenvalue weighted by Gasteiger charge is 2.34. The third-order valence-electron chi connectivity index (χ3n) is 5.09. The van der Waals surface area contributed by atoms with Gasteiger partial charge in [-0.1, -0.05) is 48.5 Å². The lowest BCUT2D eigenvalue weighted by Gasteiger charge is -2.30. The van der Waals surface area contributed by atoms with E-state index in [9.17, 15) is 9.59 Å². The van der Waals surface area contributed by atoms with Crippen LogP contribution >= 0.6 is 23.2 Å². The van der Waals surface area contributed by atoms with Crippen LogP contribution in [0, 0.1) is 0 Å². The third kappa shape index (κ3) is 4.96. The second-order valence-corrected chi connectivity index (χ2v) is 7.95. The summed E-state index contributed by atoms with van der Waals surface area (Å²) in [6.45, 7) is 1.70. The molecular weight excluding hydrogens is 387 g/mol. The SMILES string of the molecule is CC1=C(C(=O)OC2CCCCCCC2)[C@H](c2ccc(Cl)cc2Cl)NC(=O)N1.